The van der Waals surface area contributed by atoms with Gasteiger partial charge in [0.25, 0.3) is 10.1 Å². The molecule has 0 bridgehead atoms. The lowest BCUT2D eigenvalue weighted by molar-refractivity contribution is 0.220. The van der Waals surface area contributed by atoms with Crippen LogP contribution >= 0.6 is 0 Å². The summed E-state index contributed by atoms with van der Waals surface area (Å²) < 4.78 is 31.4. The first-order valence-electron chi connectivity index (χ1n) is 6.31. The predicted molar refractivity (Wildman–Crippen MR) is 76.9 cm³/mol. The standard InChI is InChI=1S/C13H18N2O4S/c14-7-3-6-13(9-16,20(17,18)19)12-8-10-4-1-2-5-11(10)15-12/h1-2,4-5,8,15-16H,3,6-7,9,14H2,(H,17,18,19). The molecule has 0 fully saturated rings. The Morgan fingerprint density at radius 2 is 2.00 bits per heavy atom. The molecule has 1 aromatic heterocycles. The minimum Gasteiger partial charge on any atom is -0.394 e. The molecule has 2 aromatic rings. The van der Waals surface area contributed by atoms with E-state index in [1.165, 1.54) is 0 Å². The summed E-state index contributed by atoms with van der Waals surface area (Å²) in [7, 11) is -4.49. The molecule has 1 heterocycles. The number of H-pyrrole nitrogens is 1. The molecule has 110 valence electrons. The molecule has 2 rings (SSSR count). The molecule has 1 aromatic carbocycles. The van der Waals surface area contributed by atoms with Crippen molar-refractivity contribution < 1.29 is 18.1 Å². The van der Waals surface area contributed by atoms with Gasteiger partial charge in [-0.3, -0.25) is 4.55 Å². The molecule has 0 saturated carbocycles. The number of nitrogens with two attached hydrogens (primary N) is 1. The van der Waals surface area contributed by atoms with Gasteiger partial charge >= 0.3 is 0 Å². The van der Waals surface area contributed by atoms with E-state index in [9.17, 15) is 18.1 Å². The first kappa shape index (κ1) is 15.0. The second-order valence-corrected chi connectivity index (χ2v) is 6.52. The van der Waals surface area contributed by atoms with Crippen LogP contribution in [-0.4, -0.2) is 36.2 Å². The fraction of sp³-hybridized carbons (Fsp3) is 0.385. The third-order valence-corrected chi connectivity index (χ3v) is 5.10. The molecule has 6 nitrogen and oxygen atoms in total. The van der Waals surface area contributed by atoms with Gasteiger partial charge in [0.2, 0.25) is 0 Å². The Morgan fingerprint density at radius 1 is 1.30 bits per heavy atom. The predicted octanol–water partition coefficient (Wildman–Crippen LogP) is 0.982. The van der Waals surface area contributed by atoms with Gasteiger partial charge in [-0.2, -0.15) is 8.42 Å². The van der Waals surface area contributed by atoms with Crippen LogP contribution < -0.4 is 5.73 Å². The van der Waals surface area contributed by atoms with Gasteiger partial charge in [-0.25, -0.2) is 0 Å². The highest BCUT2D eigenvalue weighted by atomic mass is 32.2. The second kappa shape index (κ2) is 5.53. The zero-order chi connectivity index (χ0) is 14.8. The van der Waals surface area contributed by atoms with Crippen LogP contribution in [0.2, 0.25) is 0 Å². The number of nitrogens with one attached hydrogen (secondary N) is 1. The smallest absolute Gasteiger partial charge is 0.278 e. The number of aliphatic hydroxyl groups excluding tert-OH is 1. The number of hydrogen-bond acceptors (Lipinski definition) is 4. The number of fused-ring (bicyclic) bond motifs is 1. The lowest BCUT2D eigenvalue weighted by Crippen LogP contribution is -2.40. The van der Waals surface area contributed by atoms with Gasteiger partial charge < -0.3 is 15.8 Å². The zero-order valence-electron chi connectivity index (χ0n) is 10.9. The number of hydrogen-bond donors (Lipinski definition) is 4. The maximum Gasteiger partial charge on any atom is 0.278 e. The molecule has 7 heteroatoms. The van der Waals surface area contributed by atoms with Gasteiger partial charge in [0.1, 0.15) is 0 Å². The first-order chi connectivity index (χ1) is 9.44. The largest absolute Gasteiger partial charge is 0.394 e. The molecular formula is C13H18N2O4S. The van der Waals surface area contributed by atoms with Crippen molar-refractivity contribution in [3.8, 4) is 0 Å². The summed E-state index contributed by atoms with van der Waals surface area (Å²) in [5, 5.41) is 10.4. The fourth-order valence-corrected chi connectivity index (χ4v) is 3.31. The summed E-state index contributed by atoms with van der Waals surface area (Å²) in [5.74, 6) is 0. The van der Waals surface area contributed by atoms with E-state index in [0.29, 0.717) is 6.42 Å². The Bertz CT molecular complexity index is 662. The average molecular weight is 298 g/mol. The highest BCUT2D eigenvalue weighted by Crippen LogP contribution is 2.35. The van der Waals surface area contributed by atoms with Crippen molar-refractivity contribution in [3.05, 3.63) is 36.0 Å². The van der Waals surface area contributed by atoms with Crippen molar-refractivity contribution in [2.24, 2.45) is 5.73 Å². The van der Waals surface area contributed by atoms with Crippen LogP contribution in [0.25, 0.3) is 10.9 Å². The van der Waals surface area contributed by atoms with E-state index in [4.69, 9.17) is 5.73 Å². The molecule has 0 spiro atoms. The Morgan fingerprint density at radius 3 is 2.55 bits per heavy atom. The van der Waals surface area contributed by atoms with Crippen LogP contribution in [0.3, 0.4) is 0 Å². The van der Waals surface area contributed by atoms with E-state index in [1.54, 1.807) is 12.1 Å². The van der Waals surface area contributed by atoms with Crippen LogP contribution in [-0.2, 0) is 14.9 Å². The van der Waals surface area contributed by atoms with Gasteiger partial charge in [0, 0.05) is 11.2 Å². The molecule has 0 aliphatic carbocycles. The maximum absolute atomic E-state index is 11.8. The summed E-state index contributed by atoms with van der Waals surface area (Å²) in [6.07, 6.45) is 0.418. The van der Waals surface area contributed by atoms with Crippen LogP contribution in [0.5, 0.6) is 0 Å². The van der Waals surface area contributed by atoms with E-state index in [-0.39, 0.29) is 18.7 Å². The van der Waals surface area contributed by atoms with E-state index in [0.717, 1.165) is 10.9 Å². The molecule has 0 aliphatic rings. The quantitative estimate of drug-likeness (QED) is 0.593. The third kappa shape index (κ3) is 2.45. The van der Waals surface area contributed by atoms with Crippen LogP contribution in [0, 0.1) is 0 Å². The van der Waals surface area contributed by atoms with E-state index < -0.39 is 21.5 Å². The summed E-state index contributed by atoms with van der Waals surface area (Å²) in [6.45, 7) is -0.434. The summed E-state index contributed by atoms with van der Waals surface area (Å²) in [4.78, 5) is 2.96. The Labute approximate surface area is 117 Å². The minimum absolute atomic E-state index is 0.0473. The van der Waals surface area contributed by atoms with Crippen LogP contribution in [0.15, 0.2) is 30.3 Å². The fourth-order valence-electron chi connectivity index (χ4n) is 2.35. The lowest BCUT2D eigenvalue weighted by Gasteiger charge is -2.27. The minimum atomic E-state index is -4.49. The first-order valence-corrected chi connectivity index (χ1v) is 7.75. The number of benzene rings is 1. The van der Waals surface area contributed by atoms with Gasteiger partial charge in [0.15, 0.2) is 4.75 Å². The number of aliphatic hydroxyl groups is 1. The molecule has 0 saturated heterocycles. The molecule has 5 N–H and O–H groups in total. The van der Waals surface area contributed by atoms with E-state index >= 15 is 0 Å². The number of rotatable bonds is 6. The zero-order valence-corrected chi connectivity index (χ0v) is 11.7. The highest BCUT2D eigenvalue weighted by molar-refractivity contribution is 7.86. The Balaban J connectivity index is 2.60. The Hall–Kier alpha value is -1.41. The van der Waals surface area contributed by atoms with Crippen molar-refractivity contribution >= 4 is 21.0 Å². The number of aromatic nitrogens is 1. The number of para-hydroxylation sites is 1. The SMILES string of the molecule is NCCCC(CO)(c1cc2ccccc2[nH]1)S(=O)(=O)O. The average Bonchev–Trinajstić information content (AvgIpc) is 2.82. The Kier molecular flexibility index (Phi) is 4.14. The second-order valence-electron chi connectivity index (χ2n) is 4.79. The van der Waals surface area contributed by atoms with Crippen molar-refractivity contribution in [2.45, 2.75) is 17.6 Å². The normalized spacial score (nSPS) is 15.3. The van der Waals surface area contributed by atoms with Crippen molar-refractivity contribution in [2.75, 3.05) is 13.2 Å². The molecule has 0 radical (unpaired) electrons. The van der Waals surface area contributed by atoms with Crippen LogP contribution in [0.4, 0.5) is 0 Å². The molecule has 0 aliphatic heterocycles. The van der Waals surface area contributed by atoms with Crippen molar-refractivity contribution in [3.63, 3.8) is 0 Å². The van der Waals surface area contributed by atoms with E-state index in [1.807, 2.05) is 18.2 Å². The van der Waals surface area contributed by atoms with Crippen molar-refractivity contribution in [1.82, 2.24) is 4.98 Å². The van der Waals surface area contributed by atoms with E-state index in [2.05, 4.69) is 4.98 Å². The molecule has 20 heavy (non-hydrogen) atoms. The summed E-state index contributed by atoms with van der Waals surface area (Å²) in [5.41, 5.74) is 6.44. The van der Waals surface area contributed by atoms with Crippen LogP contribution in [0.1, 0.15) is 18.5 Å². The van der Waals surface area contributed by atoms with Gasteiger partial charge in [-0.1, -0.05) is 18.2 Å². The molecular weight excluding hydrogens is 280 g/mol. The molecule has 1 atom stereocenters. The van der Waals surface area contributed by atoms with Gasteiger partial charge in [-0.15, -0.1) is 0 Å². The lowest BCUT2D eigenvalue weighted by atomic mass is 9.99. The number of aromatic amines is 1. The topological polar surface area (TPSA) is 116 Å². The monoisotopic (exact) mass is 298 g/mol. The van der Waals surface area contributed by atoms with Gasteiger partial charge in [-0.05, 0) is 36.9 Å². The maximum atomic E-state index is 11.8. The van der Waals surface area contributed by atoms with Crippen molar-refractivity contribution in [1.29, 1.82) is 0 Å². The summed E-state index contributed by atoms with van der Waals surface area (Å²) >= 11 is 0. The molecule has 0 amide bonds. The third-order valence-electron chi connectivity index (χ3n) is 3.55. The molecule has 1 unspecified atom stereocenters. The van der Waals surface area contributed by atoms with Gasteiger partial charge in [0.05, 0.1) is 6.61 Å². The highest BCUT2D eigenvalue weighted by Gasteiger charge is 2.45. The summed E-state index contributed by atoms with van der Waals surface area (Å²) in [6, 6.07) is 8.90.